The summed E-state index contributed by atoms with van der Waals surface area (Å²) in [6.45, 7) is 5.35. The minimum Gasteiger partial charge on any atom is -0.326 e. The lowest BCUT2D eigenvalue weighted by Gasteiger charge is -2.10. The minimum absolute atomic E-state index is 0.142. The zero-order chi connectivity index (χ0) is 15.4. The molecular formula is C15H17N3O2S. The molecule has 1 aromatic heterocycles. The van der Waals surface area contributed by atoms with Crippen LogP contribution < -0.4 is 10.6 Å². The molecule has 1 aromatic carbocycles. The van der Waals surface area contributed by atoms with Gasteiger partial charge in [-0.1, -0.05) is 13.0 Å². The topological polar surface area (TPSA) is 71.1 Å². The number of hydrogen-bond donors (Lipinski definition) is 2. The van der Waals surface area contributed by atoms with Crippen molar-refractivity contribution in [3.63, 3.8) is 0 Å². The Balaban J connectivity index is 2.15. The summed E-state index contributed by atoms with van der Waals surface area (Å²) in [6.07, 6.45) is 2.40. The predicted molar refractivity (Wildman–Crippen MR) is 84.9 cm³/mol. The third-order valence-corrected chi connectivity index (χ3v) is 4.03. The summed E-state index contributed by atoms with van der Waals surface area (Å²) in [4.78, 5) is 28.0. The molecule has 0 radical (unpaired) electrons. The van der Waals surface area contributed by atoms with E-state index in [1.807, 2.05) is 19.9 Å². The van der Waals surface area contributed by atoms with Crippen molar-refractivity contribution < 1.29 is 9.59 Å². The molecule has 2 rings (SSSR count). The molecule has 0 unspecified atom stereocenters. The number of aromatic nitrogens is 1. The molecule has 21 heavy (non-hydrogen) atoms. The first-order valence-corrected chi connectivity index (χ1v) is 7.45. The maximum Gasteiger partial charge on any atom is 0.267 e. The number of hydrogen-bond acceptors (Lipinski definition) is 4. The van der Waals surface area contributed by atoms with Gasteiger partial charge in [0, 0.05) is 18.3 Å². The molecule has 0 saturated carbocycles. The molecule has 0 aliphatic carbocycles. The van der Waals surface area contributed by atoms with E-state index in [0.717, 1.165) is 17.0 Å². The number of amides is 2. The first-order chi connectivity index (χ1) is 9.99. The maximum absolute atomic E-state index is 12.1. The fourth-order valence-corrected chi connectivity index (χ4v) is 2.55. The van der Waals surface area contributed by atoms with Gasteiger partial charge in [-0.2, -0.15) is 0 Å². The SMILES string of the molecule is CCc1ncc(C(=O)Nc2ccc(C)c(NC(C)=O)c2)s1. The predicted octanol–water partition coefficient (Wildman–Crippen LogP) is 3.22. The van der Waals surface area contributed by atoms with Gasteiger partial charge in [-0.25, -0.2) is 4.98 Å². The number of carbonyl (C=O) groups is 2. The molecule has 0 aliphatic rings. The van der Waals surface area contributed by atoms with Crippen LogP contribution >= 0.6 is 11.3 Å². The molecule has 5 nitrogen and oxygen atoms in total. The van der Waals surface area contributed by atoms with Gasteiger partial charge < -0.3 is 10.6 Å². The van der Waals surface area contributed by atoms with Gasteiger partial charge in [0.05, 0.1) is 11.2 Å². The molecule has 6 heteroatoms. The Morgan fingerprint density at radius 1 is 1.29 bits per heavy atom. The number of nitrogens with one attached hydrogen (secondary N) is 2. The van der Waals surface area contributed by atoms with E-state index in [1.165, 1.54) is 18.3 Å². The van der Waals surface area contributed by atoms with Crippen LogP contribution in [-0.2, 0) is 11.2 Å². The van der Waals surface area contributed by atoms with E-state index in [4.69, 9.17) is 0 Å². The number of rotatable bonds is 4. The molecule has 0 atom stereocenters. The van der Waals surface area contributed by atoms with Gasteiger partial charge >= 0.3 is 0 Å². The Morgan fingerprint density at radius 2 is 2.05 bits per heavy atom. The molecule has 110 valence electrons. The van der Waals surface area contributed by atoms with Gasteiger partial charge in [-0.15, -0.1) is 11.3 Å². The summed E-state index contributed by atoms with van der Waals surface area (Å²) in [6, 6.07) is 5.40. The zero-order valence-corrected chi connectivity index (χ0v) is 13.0. The summed E-state index contributed by atoms with van der Waals surface area (Å²) in [5.74, 6) is -0.332. The van der Waals surface area contributed by atoms with E-state index in [0.29, 0.717) is 16.3 Å². The minimum atomic E-state index is -0.190. The van der Waals surface area contributed by atoms with Gasteiger partial charge in [0.25, 0.3) is 5.91 Å². The fourth-order valence-electron chi connectivity index (χ4n) is 1.80. The molecule has 0 bridgehead atoms. The maximum atomic E-state index is 12.1. The average Bonchev–Trinajstić information content (AvgIpc) is 2.91. The smallest absolute Gasteiger partial charge is 0.267 e. The zero-order valence-electron chi connectivity index (χ0n) is 12.2. The lowest BCUT2D eigenvalue weighted by molar-refractivity contribution is -0.114. The molecule has 0 fully saturated rings. The van der Waals surface area contributed by atoms with Crippen LogP contribution in [0.25, 0.3) is 0 Å². The number of thiazole rings is 1. The highest BCUT2D eigenvalue weighted by atomic mass is 32.1. The monoisotopic (exact) mass is 303 g/mol. The summed E-state index contributed by atoms with van der Waals surface area (Å²) in [7, 11) is 0. The highest BCUT2D eigenvalue weighted by Crippen LogP contribution is 2.22. The van der Waals surface area contributed by atoms with Gasteiger partial charge in [0.15, 0.2) is 0 Å². The third-order valence-electron chi connectivity index (χ3n) is 2.89. The average molecular weight is 303 g/mol. The van der Waals surface area contributed by atoms with Gasteiger partial charge in [0.2, 0.25) is 5.91 Å². The van der Waals surface area contributed by atoms with Crippen LogP contribution in [0.4, 0.5) is 11.4 Å². The van der Waals surface area contributed by atoms with Crippen molar-refractivity contribution in [3.05, 3.63) is 39.8 Å². The summed E-state index contributed by atoms with van der Waals surface area (Å²) >= 11 is 1.39. The first kappa shape index (κ1) is 15.2. The Hall–Kier alpha value is -2.21. The summed E-state index contributed by atoms with van der Waals surface area (Å²) in [5, 5.41) is 6.49. The van der Waals surface area contributed by atoms with Gasteiger partial charge in [-0.3, -0.25) is 9.59 Å². The Kier molecular flexibility index (Phi) is 4.70. The molecule has 2 N–H and O–H groups in total. The lowest BCUT2D eigenvalue weighted by Crippen LogP contribution is -2.12. The number of benzene rings is 1. The first-order valence-electron chi connectivity index (χ1n) is 6.64. The van der Waals surface area contributed by atoms with Crippen molar-refractivity contribution in [3.8, 4) is 0 Å². The fraction of sp³-hybridized carbons (Fsp3) is 0.267. The quantitative estimate of drug-likeness (QED) is 0.911. The number of carbonyl (C=O) groups excluding carboxylic acids is 2. The van der Waals surface area contributed by atoms with Crippen LogP contribution in [-0.4, -0.2) is 16.8 Å². The highest BCUT2D eigenvalue weighted by Gasteiger charge is 2.11. The molecule has 2 amide bonds. The van der Waals surface area contributed by atoms with Crippen LogP contribution in [0.3, 0.4) is 0 Å². The van der Waals surface area contributed by atoms with Crippen molar-refractivity contribution in [2.45, 2.75) is 27.2 Å². The van der Waals surface area contributed by atoms with Crippen molar-refractivity contribution in [2.75, 3.05) is 10.6 Å². The number of aryl methyl sites for hydroxylation is 2. The van der Waals surface area contributed by atoms with Crippen molar-refractivity contribution in [1.82, 2.24) is 4.98 Å². The molecule has 1 heterocycles. The Bertz CT molecular complexity index is 679. The van der Waals surface area contributed by atoms with E-state index in [2.05, 4.69) is 15.6 Å². The Morgan fingerprint density at radius 3 is 2.67 bits per heavy atom. The van der Waals surface area contributed by atoms with E-state index >= 15 is 0 Å². The molecule has 0 spiro atoms. The van der Waals surface area contributed by atoms with Gasteiger partial charge in [-0.05, 0) is 31.0 Å². The van der Waals surface area contributed by atoms with Crippen LogP contribution in [0, 0.1) is 6.92 Å². The second-order valence-corrected chi connectivity index (χ2v) is 5.75. The third kappa shape index (κ3) is 3.88. The van der Waals surface area contributed by atoms with E-state index in [9.17, 15) is 9.59 Å². The van der Waals surface area contributed by atoms with E-state index in [-0.39, 0.29) is 11.8 Å². The van der Waals surface area contributed by atoms with Crippen LogP contribution in [0.15, 0.2) is 24.4 Å². The Labute approximate surface area is 127 Å². The van der Waals surface area contributed by atoms with Gasteiger partial charge in [0.1, 0.15) is 4.88 Å². The second kappa shape index (κ2) is 6.49. The van der Waals surface area contributed by atoms with E-state index in [1.54, 1.807) is 18.3 Å². The van der Waals surface area contributed by atoms with Crippen molar-refractivity contribution in [1.29, 1.82) is 0 Å². The molecular weight excluding hydrogens is 286 g/mol. The highest BCUT2D eigenvalue weighted by molar-refractivity contribution is 7.13. The standard InChI is InChI=1S/C15H17N3O2S/c1-4-14-16-8-13(21-14)15(20)18-11-6-5-9(2)12(7-11)17-10(3)19/h5-8H,4H2,1-3H3,(H,17,19)(H,18,20). The molecule has 0 saturated heterocycles. The van der Waals surface area contributed by atoms with Crippen LogP contribution in [0.2, 0.25) is 0 Å². The number of nitrogens with zero attached hydrogens (tertiary/aromatic N) is 1. The summed E-state index contributed by atoms with van der Waals surface area (Å²) in [5.41, 5.74) is 2.27. The van der Waals surface area contributed by atoms with E-state index < -0.39 is 0 Å². The molecule has 2 aromatic rings. The van der Waals surface area contributed by atoms with Crippen LogP contribution in [0.1, 0.15) is 34.1 Å². The van der Waals surface area contributed by atoms with Crippen LogP contribution in [0.5, 0.6) is 0 Å². The number of anilines is 2. The normalized spacial score (nSPS) is 10.2. The lowest BCUT2D eigenvalue weighted by atomic mass is 10.1. The largest absolute Gasteiger partial charge is 0.326 e. The second-order valence-electron chi connectivity index (χ2n) is 4.64. The summed E-state index contributed by atoms with van der Waals surface area (Å²) < 4.78 is 0. The van der Waals surface area contributed by atoms with Crippen molar-refractivity contribution in [2.24, 2.45) is 0 Å². The molecule has 0 aliphatic heterocycles. The van der Waals surface area contributed by atoms with Crippen molar-refractivity contribution >= 4 is 34.5 Å².